The molecule has 0 amide bonds. The SMILES string of the molecule is COP1([O-])=NP([O-])(OC)=NP([O-])(OC)=NP([O-])(OC)=N1. The molecule has 0 aromatic rings. The van der Waals surface area contributed by atoms with E-state index in [9.17, 15) is 19.6 Å². The highest BCUT2D eigenvalue weighted by Crippen LogP contribution is 2.70. The zero-order valence-electron chi connectivity index (χ0n) is 10.8. The van der Waals surface area contributed by atoms with Crippen molar-refractivity contribution in [2.45, 2.75) is 0 Å². The van der Waals surface area contributed by atoms with Gasteiger partial charge in [-0.25, -0.2) is 18.1 Å². The lowest BCUT2D eigenvalue weighted by Gasteiger charge is -2.41. The van der Waals surface area contributed by atoms with Gasteiger partial charge in [0.1, 0.15) is 30.6 Å². The highest BCUT2D eigenvalue weighted by molar-refractivity contribution is 7.76. The van der Waals surface area contributed by atoms with Crippen LogP contribution in [0.4, 0.5) is 0 Å². The van der Waals surface area contributed by atoms with Crippen LogP contribution < -0.4 is 19.6 Å². The van der Waals surface area contributed by atoms with Crippen molar-refractivity contribution >= 4 is 30.6 Å². The summed E-state index contributed by atoms with van der Waals surface area (Å²) in [6, 6.07) is 0. The molecule has 0 unspecified atom stereocenters. The standard InChI is InChI=1S/C4H12N4O8P4/c1-13-17(9)5-18(10,14-2)7-20(12,16-4)8-19(11,6-17)15-3/h1-4H3/q-4. The van der Waals surface area contributed by atoms with Crippen LogP contribution in [-0.4, -0.2) is 28.4 Å². The third kappa shape index (κ3) is 4.30. The number of rotatable bonds is 4. The van der Waals surface area contributed by atoms with Crippen LogP contribution in [0.2, 0.25) is 0 Å². The molecule has 1 heterocycles. The van der Waals surface area contributed by atoms with E-state index in [0.29, 0.717) is 0 Å². The van der Waals surface area contributed by atoms with Crippen LogP contribution >= 0.6 is 30.6 Å². The molecule has 0 bridgehead atoms. The first-order chi connectivity index (χ1) is 9.07. The molecule has 1 aliphatic heterocycles. The van der Waals surface area contributed by atoms with Gasteiger partial charge in [-0.2, -0.15) is 0 Å². The van der Waals surface area contributed by atoms with Crippen LogP contribution in [0.1, 0.15) is 0 Å². The van der Waals surface area contributed by atoms with Crippen molar-refractivity contribution < 1.29 is 37.7 Å². The van der Waals surface area contributed by atoms with Crippen LogP contribution in [0.15, 0.2) is 18.1 Å². The molecule has 16 heteroatoms. The maximum absolute atomic E-state index is 12.1. The average Bonchev–Trinajstić information content (AvgIpc) is 2.36. The first-order valence-electron chi connectivity index (χ1n) is 4.69. The van der Waals surface area contributed by atoms with Gasteiger partial charge >= 0.3 is 0 Å². The lowest BCUT2D eigenvalue weighted by molar-refractivity contribution is -0.198. The summed E-state index contributed by atoms with van der Waals surface area (Å²) in [4.78, 5) is 48.5. The van der Waals surface area contributed by atoms with Gasteiger partial charge in [0.25, 0.3) is 0 Å². The molecule has 0 fully saturated rings. The van der Waals surface area contributed by atoms with E-state index in [1.165, 1.54) is 0 Å². The van der Waals surface area contributed by atoms with Gasteiger partial charge in [-0.1, -0.05) is 0 Å². The molecule has 0 spiro atoms. The summed E-state index contributed by atoms with van der Waals surface area (Å²) in [7, 11) is -13.9. The van der Waals surface area contributed by atoms with Crippen molar-refractivity contribution in [2.24, 2.45) is 18.1 Å². The van der Waals surface area contributed by atoms with Crippen LogP contribution in [0.5, 0.6) is 0 Å². The Labute approximate surface area is 115 Å². The van der Waals surface area contributed by atoms with Crippen LogP contribution in [0.3, 0.4) is 0 Å². The molecule has 0 atom stereocenters. The topological polar surface area (TPSA) is 179 Å². The smallest absolute Gasteiger partial charge is 0.132 e. The predicted molar refractivity (Wildman–Crippen MR) is 65.4 cm³/mol. The Balaban J connectivity index is 3.79. The minimum absolute atomic E-state index is 0.922. The fourth-order valence-electron chi connectivity index (χ4n) is 0.935. The molecule has 1 aliphatic rings. The maximum atomic E-state index is 12.1. The summed E-state index contributed by atoms with van der Waals surface area (Å²) in [5.74, 6) is 0. The van der Waals surface area contributed by atoms with Gasteiger partial charge < -0.3 is 37.7 Å². The van der Waals surface area contributed by atoms with Crippen molar-refractivity contribution in [3.63, 3.8) is 0 Å². The van der Waals surface area contributed by atoms with E-state index in [1.54, 1.807) is 0 Å². The Morgan fingerprint density at radius 1 is 0.500 bits per heavy atom. The number of hydrogen-bond donors (Lipinski definition) is 0. The van der Waals surface area contributed by atoms with Gasteiger partial charge in [-0.3, -0.25) is 0 Å². The van der Waals surface area contributed by atoms with E-state index in [1.807, 2.05) is 0 Å². The maximum Gasteiger partial charge on any atom is 0.132 e. The minimum Gasteiger partial charge on any atom is -0.777 e. The first kappa shape index (κ1) is 18.6. The third-order valence-corrected chi connectivity index (χ3v) is 11.0. The Morgan fingerprint density at radius 3 is 0.750 bits per heavy atom. The first-order valence-corrected chi connectivity index (χ1v) is 10.8. The van der Waals surface area contributed by atoms with Crippen LogP contribution in [0.25, 0.3) is 0 Å². The summed E-state index contributed by atoms with van der Waals surface area (Å²) in [6.07, 6.45) is 0. The van der Waals surface area contributed by atoms with Gasteiger partial charge in [0.05, 0.1) is 0 Å². The largest absolute Gasteiger partial charge is 0.777 e. The second-order valence-corrected chi connectivity index (χ2v) is 11.3. The monoisotopic (exact) mass is 368 g/mol. The lowest BCUT2D eigenvalue weighted by atomic mass is 11.8. The summed E-state index contributed by atoms with van der Waals surface area (Å²) in [6.45, 7) is 0. The number of nitrogens with zero attached hydrogens (tertiary/aromatic N) is 4. The van der Waals surface area contributed by atoms with Crippen molar-refractivity contribution in [3.8, 4) is 0 Å². The summed E-state index contributed by atoms with van der Waals surface area (Å²) in [5.41, 5.74) is 0. The van der Waals surface area contributed by atoms with Crippen molar-refractivity contribution in [1.29, 1.82) is 0 Å². The normalized spacial score (nSPS) is 45.2. The van der Waals surface area contributed by atoms with Crippen molar-refractivity contribution in [2.75, 3.05) is 28.4 Å². The fourth-order valence-corrected chi connectivity index (χ4v) is 9.70. The molecule has 0 N–H and O–H groups in total. The second kappa shape index (κ2) is 6.38. The molecule has 0 aliphatic carbocycles. The average molecular weight is 368 g/mol. The van der Waals surface area contributed by atoms with E-state index in [2.05, 4.69) is 36.2 Å². The zero-order valence-corrected chi connectivity index (χ0v) is 14.4. The highest BCUT2D eigenvalue weighted by Gasteiger charge is 2.19. The van der Waals surface area contributed by atoms with Gasteiger partial charge in [0.2, 0.25) is 0 Å². The Hall–Kier alpha value is 0.600. The van der Waals surface area contributed by atoms with Crippen LogP contribution in [-0.2, 0) is 18.1 Å². The van der Waals surface area contributed by atoms with Gasteiger partial charge in [0.15, 0.2) is 0 Å². The van der Waals surface area contributed by atoms with Gasteiger partial charge in [0, 0.05) is 28.4 Å². The van der Waals surface area contributed by atoms with E-state index in [0.717, 1.165) is 28.4 Å². The molecule has 0 radical (unpaired) electrons. The fraction of sp³-hybridized carbons (Fsp3) is 1.00. The Bertz CT molecular complexity index is 473. The summed E-state index contributed by atoms with van der Waals surface area (Å²) < 4.78 is 30.7. The lowest BCUT2D eigenvalue weighted by Crippen LogP contribution is -2.12. The molecule has 120 valence electrons. The second-order valence-electron chi connectivity index (χ2n) is 3.05. The van der Waals surface area contributed by atoms with Crippen LogP contribution in [0, 0.1) is 0 Å². The van der Waals surface area contributed by atoms with Gasteiger partial charge in [-0.05, 0) is 0 Å². The van der Waals surface area contributed by atoms with Gasteiger partial charge in [-0.15, -0.1) is 0 Å². The molecule has 0 aromatic carbocycles. The molecular formula is C4H12N4O8P4-4. The van der Waals surface area contributed by atoms with E-state index in [-0.39, 0.29) is 0 Å². The molecule has 0 saturated heterocycles. The minimum atomic E-state index is -4.40. The predicted octanol–water partition coefficient (Wildman–Crippen LogP) is -0.188. The molecule has 0 saturated carbocycles. The van der Waals surface area contributed by atoms with Crippen molar-refractivity contribution in [3.05, 3.63) is 0 Å². The van der Waals surface area contributed by atoms with E-state index in [4.69, 9.17) is 0 Å². The molecule has 20 heavy (non-hydrogen) atoms. The Morgan fingerprint density at radius 2 is 0.650 bits per heavy atom. The number of hydrogen-bond acceptors (Lipinski definition) is 12. The molecular weight excluding hydrogens is 356 g/mol. The zero-order chi connectivity index (χ0) is 15.7. The summed E-state index contributed by atoms with van der Waals surface area (Å²) in [5, 5.41) is 0. The molecule has 12 nitrogen and oxygen atoms in total. The third-order valence-electron chi connectivity index (χ3n) is 1.86. The summed E-state index contributed by atoms with van der Waals surface area (Å²) >= 11 is 0. The quantitative estimate of drug-likeness (QED) is 0.612. The van der Waals surface area contributed by atoms with Crippen molar-refractivity contribution in [1.82, 2.24) is 0 Å². The molecule has 1 rings (SSSR count). The van der Waals surface area contributed by atoms with E-state index >= 15 is 0 Å². The highest BCUT2D eigenvalue weighted by atomic mass is 31.3. The molecule has 0 aromatic heterocycles. The Kier molecular flexibility index (Phi) is 5.95. The van der Waals surface area contributed by atoms with E-state index < -0.39 is 30.6 Å².